The second-order valence-corrected chi connectivity index (χ2v) is 11.2. The smallest absolute Gasteiger partial charge is 0.375 e. The van der Waals surface area contributed by atoms with Crippen LogP contribution in [-0.4, -0.2) is 78.1 Å². The molecule has 13 heteroatoms. The molecular weight excluding hydrogens is 461 g/mol. The van der Waals surface area contributed by atoms with Crippen LogP contribution in [0.4, 0.5) is 24.9 Å². The third-order valence-electron chi connectivity index (χ3n) is 6.20. The van der Waals surface area contributed by atoms with E-state index in [0.717, 1.165) is 24.3 Å². The van der Waals surface area contributed by atoms with E-state index in [1.165, 1.54) is 0 Å². The lowest BCUT2D eigenvalue weighted by Crippen LogP contribution is -2.41. The van der Waals surface area contributed by atoms with Gasteiger partial charge in [-0.2, -0.15) is 23.3 Å². The first-order valence-electron chi connectivity index (χ1n) is 11.2. The molecule has 2 aromatic rings. The molecule has 2 fully saturated rings. The van der Waals surface area contributed by atoms with Crippen molar-refractivity contribution in [2.75, 3.05) is 41.4 Å². The molecule has 2 N–H and O–H groups in total. The number of sulfone groups is 1. The van der Waals surface area contributed by atoms with Crippen LogP contribution in [0.15, 0.2) is 6.20 Å². The van der Waals surface area contributed by atoms with Gasteiger partial charge in [-0.1, -0.05) is 0 Å². The van der Waals surface area contributed by atoms with Crippen LogP contribution < -0.4 is 10.2 Å². The highest BCUT2D eigenvalue weighted by Crippen LogP contribution is 2.29. The molecule has 0 amide bonds. The number of aromatic amines is 1. The van der Waals surface area contributed by atoms with E-state index in [4.69, 9.17) is 4.74 Å². The number of halogens is 3. The monoisotopic (exact) mass is 490 g/mol. The number of anilines is 2. The van der Waals surface area contributed by atoms with E-state index in [2.05, 4.69) is 30.4 Å². The normalized spacial score (nSPS) is 24.8. The van der Waals surface area contributed by atoms with Gasteiger partial charge in [0.2, 0.25) is 5.95 Å². The van der Waals surface area contributed by atoms with Crippen molar-refractivity contribution in [2.24, 2.45) is 5.92 Å². The molecule has 4 rings (SSSR count). The number of morpholine rings is 1. The predicted molar refractivity (Wildman–Crippen MR) is 118 cm³/mol. The van der Waals surface area contributed by atoms with E-state index < -0.39 is 28.2 Å². The van der Waals surface area contributed by atoms with Crippen molar-refractivity contribution in [3.05, 3.63) is 6.20 Å². The molecule has 1 atom stereocenters. The molecule has 33 heavy (non-hydrogen) atoms. The van der Waals surface area contributed by atoms with Crippen molar-refractivity contribution in [1.29, 1.82) is 0 Å². The molecular formula is C20H29F3N6O3S. The van der Waals surface area contributed by atoms with Gasteiger partial charge in [0.25, 0.3) is 0 Å². The molecule has 1 saturated carbocycles. The Bertz CT molecular complexity index is 1050. The fraction of sp³-hybridized carbons (Fsp3) is 0.750. The van der Waals surface area contributed by atoms with Gasteiger partial charge in [0.05, 0.1) is 36.0 Å². The third-order valence-corrected chi connectivity index (χ3v) is 8.01. The first-order chi connectivity index (χ1) is 15.6. The van der Waals surface area contributed by atoms with Gasteiger partial charge in [0.1, 0.15) is 0 Å². The molecule has 2 aliphatic rings. The topological polar surface area (TPSA) is 113 Å². The fourth-order valence-corrected chi connectivity index (χ4v) is 6.25. The fourth-order valence-electron chi connectivity index (χ4n) is 4.49. The summed E-state index contributed by atoms with van der Waals surface area (Å²) in [5.41, 5.74) is 0.631. The maximum Gasteiger partial charge on any atom is 0.390 e. The van der Waals surface area contributed by atoms with Crippen LogP contribution in [0, 0.1) is 5.92 Å². The number of alkyl halides is 3. The van der Waals surface area contributed by atoms with Gasteiger partial charge in [-0.25, -0.2) is 13.4 Å². The van der Waals surface area contributed by atoms with Crippen molar-refractivity contribution < 1.29 is 26.3 Å². The van der Waals surface area contributed by atoms with Crippen LogP contribution in [-0.2, 0) is 14.6 Å². The Balaban J connectivity index is 1.30. The van der Waals surface area contributed by atoms with Crippen LogP contribution in [0.2, 0.25) is 0 Å². The van der Waals surface area contributed by atoms with Gasteiger partial charge in [0, 0.05) is 25.3 Å². The zero-order valence-electron chi connectivity index (χ0n) is 18.4. The SMILES string of the molecule is CC1CN(c2n[nH]c3nc(NC4CCC(CS(=O)(=O)CCC(F)(F)F)CC4)ncc23)CCO1. The molecule has 0 bridgehead atoms. The highest BCUT2D eigenvalue weighted by atomic mass is 32.2. The highest BCUT2D eigenvalue weighted by molar-refractivity contribution is 7.91. The van der Waals surface area contributed by atoms with Crippen molar-refractivity contribution in [3.63, 3.8) is 0 Å². The Morgan fingerprint density at radius 3 is 2.73 bits per heavy atom. The summed E-state index contributed by atoms with van der Waals surface area (Å²) >= 11 is 0. The summed E-state index contributed by atoms with van der Waals surface area (Å²) in [5.74, 6) is 0.136. The van der Waals surface area contributed by atoms with E-state index >= 15 is 0 Å². The van der Waals surface area contributed by atoms with Crippen molar-refractivity contribution >= 4 is 32.6 Å². The summed E-state index contributed by atoms with van der Waals surface area (Å²) in [6.07, 6.45) is -1.19. The molecule has 2 aromatic heterocycles. The van der Waals surface area contributed by atoms with Gasteiger partial charge < -0.3 is 15.0 Å². The summed E-state index contributed by atoms with van der Waals surface area (Å²) in [5, 5.41) is 11.5. The standard InChI is InChI=1S/C20H29F3N6O3S/c1-13-11-29(7-8-32-13)18-16-10-24-19(26-17(16)27-28-18)25-15-4-2-14(3-5-15)12-33(30,31)9-6-20(21,22)23/h10,13-15H,2-9,11-12H2,1H3,(H2,24,25,26,27,28). The maximum atomic E-state index is 12.3. The Labute approximate surface area is 190 Å². The zero-order valence-corrected chi connectivity index (χ0v) is 19.3. The van der Waals surface area contributed by atoms with Crippen LogP contribution in [0.3, 0.4) is 0 Å². The number of aromatic nitrogens is 4. The summed E-state index contributed by atoms with van der Waals surface area (Å²) in [7, 11) is -3.71. The Hall–Kier alpha value is -2.15. The van der Waals surface area contributed by atoms with E-state index in [0.29, 0.717) is 43.9 Å². The Morgan fingerprint density at radius 2 is 2.03 bits per heavy atom. The van der Waals surface area contributed by atoms with Gasteiger partial charge >= 0.3 is 6.18 Å². The Morgan fingerprint density at radius 1 is 1.27 bits per heavy atom. The van der Waals surface area contributed by atoms with Gasteiger partial charge in [-0.15, -0.1) is 0 Å². The second-order valence-electron chi connectivity index (χ2n) is 8.97. The predicted octanol–water partition coefficient (Wildman–Crippen LogP) is 2.92. The third kappa shape index (κ3) is 6.46. The summed E-state index contributed by atoms with van der Waals surface area (Å²) in [4.78, 5) is 11.1. The van der Waals surface area contributed by atoms with E-state index in [1.807, 2.05) is 6.92 Å². The lowest BCUT2D eigenvalue weighted by atomic mass is 9.87. The second kappa shape index (κ2) is 9.61. The summed E-state index contributed by atoms with van der Waals surface area (Å²) < 4.78 is 66.6. The minimum Gasteiger partial charge on any atom is -0.375 e. The lowest BCUT2D eigenvalue weighted by molar-refractivity contribution is -0.129. The molecule has 1 aliphatic carbocycles. The number of hydrogen-bond acceptors (Lipinski definition) is 8. The molecule has 1 saturated heterocycles. The maximum absolute atomic E-state index is 12.3. The van der Waals surface area contributed by atoms with Crippen molar-refractivity contribution in [2.45, 2.75) is 57.3 Å². The molecule has 1 unspecified atom stereocenters. The summed E-state index contributed by atoms with van der Waals surface area (Å²) in [6, 6.07) is 0.0825. The molecule has 9 nitrogen and oxygen atoms in total. The lowest BCUT2D eigenvalue weighted by Gasteiger charge is -2.31. The largest absolute Gasteiger partial charge is 0.390 e. The van der Waals surface area contributed by atoms with Gasteiger partial charge in [0.15, 0.2) is 21.3 Å². The zero-order chi connectivity index (χ0) is 23.6. The summed E-state index contributed by atoms with van der Waals surface area (Å²) in [6.45, 7) is 4.16. The van der Waals surface area contributed by atoms with Crippen LogP contribution >= 0.6 is 0 Å². The number of rotatable bonds is 7. The Kier molecular flexibility index (Phi) is 6.99. The average molecular weight is 491 g/mol. The molecule has 3 heterocycles. The van der Waals surface area contributed by atoms with Crippen LogP contribution in [0.5, 0.6) is 0 Å². The quantitative estimate of drug-likeness (QED) is 0.609. The highest BCUT2D eigenvalue weighted by Gasteiger charge is 2.32. The van der Waals surface area contributed by atoms with Crippen molar-refractivity contribution in [1.82, 2.24) is 20.2 Å². The van der Waals surface area contributed by atoms with Gasteiger partial charge in [-0.3, -0.25) is 5.10 Å². The number of nitrogens with zero attached hydrogens (tertiary/aromatic N) is 4. The van der Waals surface area contributed by atoms with E-state index in [9.17, 15) is 21.6 Å². The van der Waals surface area contributed by atoms with E-state index in [1.54, 1.807) is 6.20 Å². The molecule has 1 aliphatic heterocycles. The number of fused-ring (bicyclic) bond motifs is 1. The first-order valence-corrected chi connectivity index (χ1v) is 13.0. The number of hydrogen-bond donors (Lipinski definition) is 2. The number of ether oxygens (including phenoxy) is 1. The number of H-pyrrole nitrogens is 1. The average Bonchev–Trinajstić information content (AvgIpc) is 3.17. The molecule has 184 valence electrons. The molecule has 0 spiro atoms. The molecule has 0 aromatic carbocycles. The van der Waals surface area contributed by atoms with E-state index in [-0.39, 0.29) is 23.8 Å². The minimum atomic E-state index is -4.45. The van der Waals surface area contributed by atoms with Crippen molar-refractivity contribution in [3.8, 4) is 0 Å². The molecule has 0 radical (unpaired) electrons. The first kappa shape index (κ1) is 24.0. The minimum absolute atomic E-state index is 0.0825. The van der Waals surface area contributed by atoms with Gasteiger partial charge in [-0.05, 0) is 38.5 Å². The van der Waals surface area contributed by atoms with Crippen LogP contribution in [0.25, 0.3) is 11.0 Å². The van der Waals surface area contributed by atoms with Crippen LogP contribution in [0.1, 0.15) is 39.0 Å². The number of nitrogens with one attached hydrogen (secondary N) is 2.